The molecule has 1 saturated carbocycles. The summed E-state index contributed by atoms with van der Waals surface area (Å²) in [5, 5.41) is 0. The fraction of sp³-hybridized carbons (Fsp3) is 0.650. The van der Waals surface area contributed by atoms with E-state index in [0.29, 0.717) is 5.78 Å². The molecule has 2 fully saturated rings. The van der Waals surface area contributed by atoms with E-state index in [1.807, 2.05) is 0 Å². The number of benzene rings is 1. The maximum atomic E-state index is 11.4. The number of aryl methyl sites for hydroxylation is 1. The summed E-state index contributed by atoms with van der Waals surface area (Å²) in [5.41, 5.74) is 1.51. The highest BCUT2D eigenvalue weighted by Gasteiger charge is 2.30. The van der Waals surface area contributed by atoms with Gasteiger partial charge in [0.15, 0.2) is 0 Å². The van der Waals surface area contributed by atoms with E-state index in [0.717, 1.165) is 24.7 Å². The topological polar surface area (TPSA) is 17.1 Å². The highest BCUT2D eigenvalue weighted by atomic mass is 28.3. The minimum absolute atomic E-state index is 0.439. The molecule has 0 spiro atoms. The summed E-state index contributed by atoms with van der Waals surface area (Å²) < 4.78 is 0. The molecule has 120 valence electrons. The van der Waals surface area contributed by atoms with Gasteiger partial charge in [-0.05, 0) is 36.7 Å². The highest BCUT2D eigenvalue weighted by molar-refractivity contribution is 6.58. The average Bonchev–Trinajstić information content (AvgIpc) is 2.57. The fourth-order valence-corrected chi connectivity index (χ4v) is 8.07. The van der Waals surface area contributed by atoms with E-state index in [9.17, 15) is 4.79 Å². The van der Waals surface area contributed by atoms with Crippen molar-refractivity contribution >= 4 is 14.6 Å². The van der Waals surface area contributed by atoms with Crippen molar-refractivity contribution in [1.29, 1.82) is 0 Å². The number of hydrogen-bond acceptors (Lipinski definition) is 1. The molecular weight excluding hydrogens is 284 g/mol. The Morgan fingerprint density at radius 2 is 1.55 bits per heavy atom. The molecule has 0 amide bonds. The number of ketones is 1. The third-order valence-electron chi connectivity index (χ3n) is 6.07. The van der Waals surface area contributed by atoms with Gasteiger partial charge in [-0.15, -0.1) is 0 Å². The Labute approximate surface area is 137 Å². The lowest BCUT2D eigenvalue weighted by Gasteiger charge is -2.35. The molecule has 1 aromatic rings. The van der Waals surface area contributed by atoms with E-state index in [1.54, 1.807) is 18.1 Å². The second-order valence-electron chi connectivity index (χ2n) is 7.53. The number of carbonyl (C=O) groups excluding carboxylic acids is 1. The summed E-state index contributed by atoms with van der Waals surface area (Å²) in [7, 11) is -0.439. The Morgan fingerprint density at radius 1 is 0.909 bits per heavy atom. The lowest BCUT2D eigenvalue weighted by atomic mass is 9.77. The van der Waals surface area contributed by atoms with Gasteiger partial charge in [0.2, 0.25) is 0 Å². The molecule has 1 aliphatic heterocycles. The Morgan fingerprint density at radius 3 is 2.23 bits per heavy atom. The predicted octanol–water partition coefficient (Wildman–Crippen LogP) is 5.02. The minimum Gasteiger partial charge on any atom is -0.300 e. The van der Waals surface area contributed by atoms with Crippen LogP contribution < -0.4 is 0 Å². The van der Waals surface area contributed by atoms with Gasteiger partial charge in [0.05, 0.1) is 0 Å². The third-order valence-corrected chi connectivity index (χ3v) is 9.59. The molecule has 1 nitrogen and oxygen atoms in total. The van der Waals surface area contributed by atoms with Crippen LogP contribution in [0.3, 0.4) is 0 Å². The number of Topliss-reactive ketones (excluding diaryl/α,β-unsaturated/α-hetero) is 1. The Kier molecular flexibility index (Phi) is 5.88. The van der Waals surface area contributed by atoms with Crippen molar-refractivity contribution in [3.05, 3.63) is 35.9 Å². The van der Waals surface area contributed by atoms with Crippen molar-refractivity contribution in [1.82, 2.24) is 0 Å². The van der Waals surface area contributed by atoms with Crippen LogP contribution in [0.25, 0.3) is 0 Å². The first-order valence-corrected chi connectivity index (χ1v) is 11.8. The van der Waals surface area contributed by atoms with Crippen molar-refractivity contribution in [2.24, 2.45) is 11.8 Å². The van der Waals surface area contributed by atoms with Gasteiger partial charge in [-0.3, -0.25) is 4.79 Å². The van der Waals surface area contributed by atoms with Crippen LogP contribution in [-0.2, 0) is 11.2 Å². The molecule has 0 atom stereocenters. The van der Waals surface area contributed by atoms with Crippen molar-refractivity contribution in [2.45, 2.75) is 69.5 Å². The molecule has 0 aromatic heterocycles. The summed E-state index contributed by atoms with van der Waals surface area (Å²) >= 11 is 0. The summed E-state index contributed by atoms with van der Waals surface area (Å²) in [6, 6.07) is 15.7. The van der Waals surface area contributed by atoms with Crippen molar-refractivity contribution in [3.8, 4) is 0 Å². The summed E-state index contributed by atoms with van der Waals surface area (Å²) in [5.74, 6) is 2.36. The van der Waals surface area contributed by atoms with Gasteiger partial charge in [0, 0.05) is 21.6 Å². The molecule has 0 radical (unpaired) electrons. The standard InChI is InChI=1S/C20H30OSi/c21-20-10-8-18(9-11-20)19-12-15-22(16-13-19)14-4-7-17-5-2-1-3-6-17/h1-3,5-6,18-19,22H,4,7-16H2. The maximum absolute atomic E-state index is 11.4. The Bertz CT molecular complexity index is 452. The second kappa shape index (κ2) is 8.10. The van der Waals surface area contributed by atoms with Crippen LogP contribution in [-0.4, -0.2) is 14.6 Å². The lowest BCUT2D eigenvalue weighted by Crippen LogP contribution is -2.28. The van der Waals surface area contributed by atoms with E-state index < -0.39 is 8.80 Å². The van der Waals surface area contributed by atoms with Crippen molar-refractivity contribution in [3.63, 3.8) is 0 Å². The zero-order chi connectivity index (χ0) is 15.2. The van der Waals surface area contributed by atoms with Crippen LogP contribution >= 0.6 is 0 Å². The van der Waals surface area contributed by atoms with Gasteiger partial charge in [-0.1, -0.05) is 67.7 Å². The highest BCUT2D eigenvalue weighted by Crippen LogP contribution is 2.38. The van der Waals surface area contributed by atoms with Crippen molar-refractivity contribution < 1.29 is 4.79 Å². The first-order valence-electron chi connectivity index (χ1n) is 9.37. The van der Waals surface area contributed by atoms with Crippen LogP contribution in [0.5, 0.6) is 0 Å². The SMILES string of the molecule is O=C1CCC(C2CC[SiH](CCCc3ccccc3)CC2)CC1. The van der Waals surface area contributed by atoms with Gasteiger partial charge in [-0.25, -0.2) is 0 Å². The van der Waals surface area contributed by atoms with Gasteiger partial charge in [0.1, 0.15) is 5.78 Å². The molecule has 1 aromatic carbocycles. The molecule has 1 saturated heterocycles. The van der Waals surface area contributed by atoms with Gasteiger partial charge >= 0.3 is 0 Å². The summed E-state index contributed by atoms with van der Waals surface area (Å²) in [6.07, 6.45) is 9.80. The van der Waals surface area contributed by atoms with Crippen LogP contribution in [0.1, 0.15) is 50.5 Å². The summed E-state index contributed by atoms with van der Waals surface area (Å²) in [4.78, 5) is 11.4. The third kappa shape index (κ3) is 4.55. The molecule has 22 heavy (non-hydrogen) atoms. The average molecular weight is 315 g/mol. The van der Waals surface area contributed by atoms with Gasteiger partial charge < -0.3 is 0 Å². The number of carbonyl (C=O) groups is 1. The lowest BCUT2D eigenvalue weighted by molar-refractivity contribution is -0.121. The van der Waals surface area contributed by atoms with Crippen LogP contribution in [0, 0.1) is 11.8 Å². The second-order valence-corrected chi connectivity index (χ2v) is 11.0. The first-order chi connectivity index (χ1) is 10.8. The molecular formula is C20H30OSi. The van der Waals surface area contributed by atoms with E-state index in [2.05, 4.69) is 30.3 Å². The molecule has 1 aliphatic carbocycles. The maximum Gasteiger partial charge on any atom is 0.132 e. The number of hydrogen-bond donors (Lipinski definition) is 0. The zero-order valence-electron chi connectivity index (χ0n) is 13.8. The smallest absolute Gasteiger partial charge is 0.132 e. The van der Waals surface area contributed by atoms with Crippen molar-refractivity contribution in [2.75, 3.05) is 0 Å². The van der Waals surface area contributed by atoms with Crippen LogP contribution in [0.4, 0.5) is 0 Å². The quantitative estimate of drug-likeness (QED) is 0.698. The van der Waals surface area contributed by atoms with Crippen LogP contribution in [0.15, 0.2) is 30.3 Å². The molecule has 3 rings (SSSR count). The van der Waals surface area contributed by atoms with Crippen LogP contribution in [0.2, 0.25) is 18.1 Å². The molecule has 1 heterocycles. The monoisotopic (exact) mass is 314 g/mol. The fourth-order valence-electron chi connectivity index (χ4n) is 4.62. The normalized spacial score (nSPS) is 27.0. The minimum atomic E-state index is -0.439. The van der Waals surface area contributed by atoms with E-state index in [4.69, 9.17) is 0 Å². The predicted molar refractivity (Wildman–Crippen MR) is 96.0 cm³/mol. The molecule has 0 bridgehead atoms. The molecule has 2 aliphatic rings. The largest absolute Gasteiger partial charge is 0.300 e. The Balaban J connectivity index is 1.34. The van der Waals surface area contributed by atoms with E-state index >= 15 is 0 Å². The van der Waals surface area contributed by atoms with E-state index in [-0.39, 0.29) is 0 Å². The molecule has 0 unspecified atom stereocenters. The Hall–Kier alpha value is -0.893. The molecule has 0 N–H and O–H groups in total. The van der Waals surface area contributed by atoms with E-state index in [1.165, 1.54) is 44.1 Å². The number of rotatable bonds is 5. The van der Waals surface area contributed by atoms with Gasteiger partial charge in [0.25, 0.3) is 0 Å². The zero-order valence-corrected chi connectivity index (χ0v) is 15.0. The van der Waals surface area contributed by atoms with Gasteiger partial charge in [-0.2, -0.15) is 0 Å². The molecule has 2 heteroatoms. The first kappa shape index (κ1) is 16.0. The summed E-state index contributed by atoms with van der Waals surface area (Å²) in [6.45, 7) is 0.